The lowest BCUT2D eigenvalue weighted by Crippen LogP contribution is -2.60. The van der Waals surface area contributed by atoms with Crippen LogP contribution in [0.25, 0.3) is 10.9 Å². The number of benzene rings is 1. The second-order valence-corrected chi connectivity index (χ2v) is 8.93. The molecule has 11 heteroatoms. The van der Waals surface area contributed by atoms with Gasteiger partial charge < -0.3 is 24.3 Å². The molecule has 1 fully saturated rings. The van der Waals surface area contributed by atoms with Crippen molar-refractivity contribution < 1.29 is 19.1 Å². The van der Waals surface area contributed by atoms with E-state index < -0.39 is 6.04 Å². The molecule has 1 saturated heterocycles. The van der Waals surface area contributed by atoms with E-state index in [-0.39, 0.29) is 30.6 Å². The summed E-state index contributed by atoms with van der Waals surface area (Å²) in [5, 5.41) is 1.00. The van der Waals surface area contributed by atoms with Crippen LogP contribution in [0.15, 0.2) is 41.5 Å². The molecular formula is C21H21ClN4O5S. The summed E-state index contributed by atoms with van der Waals surface area (Å²) in [4.78, 5) is 47.8. The Balaban J connectivity index is 1.45. The molecule has 4 rings (SSSR count). The van der Waals surface area contributed by atoms with Crippen molar-refractivity contribution in [1.82, 2.24) is 19.8 Å². The van der Waals surface area contributed by atoms with Gasteiger partial charge in [-0.2, -0.15) is 0 Å². The van der Waals surface area contributed by atoms with Crippen LogP contribution in [0.4, 0.5) is 0 Å². The number of thiophene rings is 1. The van der Waals surface area contributed by atoms with E-state index in [2.05, 4.69) is 9.97 Å². The van der Waals surface area contributed by atoms with Gasteiger partial charge in [-0.25, -0.2) is 4.98 Å². The number of hydrogen-bond acceptors (Lipinski definition) is 7. The van der Waals surface area contributed by atoms with Crippen molar-refractivity contribution in [3.63, 3.8) is 0 Å². The van der Waals surface area contributed by atoms with Crippen LogP contribution in [0.5, 0.6) is 5.06 Å². The molecule has 1 aromatic carbocycles. The molecule has 0 bridgehead atoms. The zero-order valence-electron chi connectivity index (χ0n) is 17.2. The fourth-order valence-corrected chi connectivity index (χ4v) is 4.51. The number of ether oxygens (including phenoxy) is 2. The van der Waals surface area contributed by atoms with E-state index in [9.17, 15) is 14.4 Å². The third-order valence-corrected chi connectivity index (χ3v) is 6.34. The highest BCUT2D eigenvalue weighted by Gasteiger charge is 2.37. The van der Waals surface area contributed by atoms with Gasteiger partial charge in [0, 0.05) is 26.7 Å². The van der Waals surface area contributed by atoms with Gasteiger partial charge in [0.25, 0.3) is 11.5 Å². The molecule has 0 saturated carbocycles. The minimum atomic E-state index is -0.748. The van der Waals surface area contributed by atoms with E-state index in [1.807, 2.05) is 6.07 Å². The summed E-state index contributed by atoms with van der Waals surface area (Å²) in [7, 11) is 1.49. The summed E-state index contributed by atoms with van der Waals surface area (Å²) in [5.41, 5.74) is 1.16. The predicted octanol–water partition coefficient (Wildman–Crippen LogP) is 1.90. The van der Waals surface area contributed by atoms with Gasteiger partial charge in [-0.1, -0.05) is 29.0 Å². The molecule has 1 aliphatic rings. The Bertz CT molecular complexity index is 1200. The van der Waals surface area contributed by atoms with Crippen molar-refractivity contribution in [1.29, 1.82) is 0 Å². The maximum Gasteiger partial charge on any atom is 0.261 e. The van der Waals surface area contributed by atoms with Gasteiger partial charge in [0.2, 0.25) is 5.91 Å². The zero-order valence-corrected chi connectivity index (χ0v) is 18.8. The number of halogens is 1. The summed E-state index contributed by atoms with van der Waals surface area (Å²) in [6, 6.07) is 7.97. The van der Waals surface area contributed by atoms with Gasteiger partial charge in [0.15, 0.2) is 11.7 Å². The van der Waals surface area contributed by atoms with Gasteiger partial charge in [-0.3, -0.25) is 14.4 Å². The fraction of sp³-hybridized carbons (Fsp3) is 0.333. The Kier molecular flexibility index (Phi) is 6.73. The van der Waals surface area contributed by atoms with E-state index in [1.165, 1.54) is 29.7 Å². The van der Waals surface area contributed by atoms with E-state index in [0.717, 1.165) is 5.56 Å². The van der Waals surface area contributed by atoms with Gasteiger partial charge >= 0.3 is 0 Å². The largest absolute Gasteiger partial charge is 0.474 e. The normalized spacial score (nSPS) is 16.6. The van der Waals surface area contributed by atoms with Crippen LogP contribution in [0.1, 0.15) is 5.56 Å². The summed E-state index contributed by atoms with van der Waals surface area (Å²) in [5.74, 6) is -0.515. The minimum absolute atomic E-state index is 0.0766. The highest BCUT2D eigenvalue weighted by Crippen LogP contribution is 2.28. The highest BCUT2D eigenvalue weighted by molar-refractivity contribution is 7.17. The molecular weight excluding hydrogens is 456 g/mol. The number of amides is 2. The Morgan fingerprint density at radius 2 is 2.12 bits per heavy atom. The van der Waals surface area contributed by atoms with Crippen molar-refractivity contribution in [2.75, 3.05) is 33.4 Å². The standard InChI is InChI=1S/C21H21ClN4O5S/c1-30-10-16-21(29)25(9-13-2-3-15-14(8-13)20(28)24-12-23-15)6-7-26(16)18(27)11-31-19-5-4-17(22)32-19/h2-5,8,12,16H,6-7,9-11H2,1H3,(H,23,24,28). The SMILES string of the molecule is COCC1C(=O)N(Cc2ccc3nc[nH]c(=O)c3c2)CCN1C(=O)COc1ccc(Cl)s1. The molecule has 1 unspecified atom stereocenters. The van der Waals surface area contributed by atoms with Gasteiger partial charge in [0.1, 0.15) is 6.04 Å². The van der Waals surface area contributed by atoms with E-state index >= 15 is 0 Å². The number of aromatic amines is 1. The zero-order chi connectivity index (χ0) is 22.7. The number of rotatable bonds is 7. The molecule has 168 valence electrons. The molecule has 0 aliphatic carbocycles. The minimum Gasteiger partial charge on any atom is -0.474 e. The number of H-pyrrole nitrogens is 1. The van der Waals surface area contributed by atoms with Gasteiger partial charge in [-0.15, -0.1) is 0 Å². The van der Waals surface area contributed by atoms with Gasteiger partial charge in [-0.05, 0) is 29.8 Å². The Morgan fingerprint density at radius 1 is 1.28 bits per heavy atom. The van der Waals surface area contributed by atoms with Crippen LogP contribution in [-0.4, -0.2) is 71.0 Å². The number of fused-ring (bicyclic) bond motifs is 1. The molecule has 3 aromatic rings. The second kappa shape index (κ2) is 9.68. The number of hydrogen-bond donors (Lipinski definition) is 1. The lowest BCUT2D eigenvalue weighted by Gasteiger charge is -2.40. The molecule has 0 spiro atoms. The van der Waals surface area contributed by atoms with Crippen LogP contribution in [0, 0.1) is 0 Å². The fourth-order valence-electron chi connectivity index (χ4n) is 3.64. The van der Waals surface area contributed by atoms with Crippen molar-refractivity contribution in [2.45, 2.75) is 12.6 Å². The summed E-state index contributed by atoms with van der Waals surface area (Å²) >= 11 is 7.12. The Morgan fingerprint density at radius 3 is 2.88 bits per heavy atom. The van der Waals surface area contributed by atoms with Crippen LogP contribution in [0.2, 0.25) is 4.34 Å². The molecule has 1 aliphatic heterocycles. The van der Waals surface area contributed by atoms with E-state index in [0.29, 0.717) is 39.9 Å². The van der Waals surface area contributed by atoms with Crippen molar-refractivity contribution in [3.05, 3.63) is 56.9 Å². The molecule has 1 N–H and O–H groups in total. The number of nitrogens with one attached hydrogen (secondary N) is 1. The Hall–Kier alpha value is -2.95. The number of carbonyl (C=O) groups excluding carboxylic acids is 2. The van der Waals surface area contributed by atoms with Gasteiger partial charge in [0.05, 0.1) is 28.2 Å². The first kappa shape index (κ1) is 22.3. The number of aromatic nitrogens is 2. The molecule has 0 radical (unpaired) electrons. The summed E-state index contributed by atoms with van der Waals surface area (Å²) < 4.78 is 11.3. The maximum atomic E-state index is 13.2. The smallest absolute Gasteiger partial charge is 0.261 e. The average Bonchev–Trinajstić information content (AvgIpc) is 3.20. The van der Waals surface area contributed by atoms with Crippen LogP contribution < -0.4 is 10.3 Å². The monoisotopic (exact) mass is 476 g/mol. The molecule has 3 heterocycles. The first-order valence-electron chi connectivity index (χ1n) is 9.88. The molecule has 9 nitrogen and oxygen atoms in total. The van der Waals surface area contributed by atoms with Crippen LogP contribution in [0.3, 0.4) is 0 Å². The highest BCUT2D eigenvalue weighted by atomic mass is 35.5. The molecule has 32 heavy (non-hydrogen) atoms. The first-order chi connectivity index (χ1) is 15.5. The Labute approximate surface area is 192 Å². The summed E-state index contributed by atoms with van der Waals surface area (Å²) in [6.07, 6.45) is 1.36. The predicted molar refractivity (Wildman–Crippen MR) is 120 cm³/mol. The number of piperazine rings is 1. The third-order valence-electron chi connectivity index (χ3n) is 5.19. The molecule has 2 amide bonds. The third kappa shape index (κ3) is 4.77. The lowest BCUT2D eigenvalue weighted by molar-refractivity contribution is -0.155. The van der Waals surface area contributed by atoms with Crippen molar-refractivity contribution in [3.8, 4) is 5.06 Å². The quantitative estimate of drug-likeness (QED) is 0.558. The number of nitrogens with zero attached hydrogens (tertiary/aromatic N) is 3. The molecule has 2 aromatic heterocycles. The first-order valence-corrected chi connectivity index (χ1v) is 11.1. The van der Waals surface area contributed by atoms with Crippen LogP contribution >= 0.6 is 22.9 Å². The lowest BCUT2D eigenvalue weighted by atomic mass is 10.1. The van der Waals surface area contributed by atoms with Crippen LogP contribution in [-0.2, 0) is 20.9 Å². The molecule has 1 atom stereocenters. The second-order valence-electron chi connectivity index (χ2n) is 7.25. The average molecular weight is 477 g/mol. The van der Waals surface area contributed by atoms with E-state index in [1.54, 1.807) is 29.2 Å². The summed E-state index contributed by atoms with van der Waals surface area (Å²) in [6.45, 7) is 0.910. The maximum absolute atomic E-state index is 13.2. The van der Waals surface area contributed by atoms with Crippen molar-refractivity contribution in [2.24, 2.45) is 0 Å². The number of methoxy groups -OCH3 is 1. The number of carbonyl (C=O) groups is 2. The van der Waals surface area contributed by atoms with Crippen molar-refractivity contribution >= 4 is 45.7 Å². The van der Waals surface area contributed by atoms with E-state index in [4.69, 9.17) is 21.1 Å². The topological polar surface area (TPSA) is 105 Å².